The fourth-order valence-corrected chi connectivity index (χ4v) is 2.37. The quantitative estimate of drug-likeness (QED) is 0.591. The highest BCUT2D eigenvalue weighted by molar-refractivity contribution is 5.27. The number of aromatic nitrogens is 2. The molecular weight excluding hydrogens is 166 g/mol. The Kier molecular flexibility index (Phi) is 1.35. The summed E-state index contributed by atoms with van der Waals surface area (Å²) in [5.74, 6) is 0. The van der Waals surface area contributed by atoms with Crippen LogP contribution >= 0.6 is 0 Å². The summed E-state index contributed by atoms with van der Waals surface area (Å²) in [6.45, 7) is 0. The normalized spacial score (nSPS) is 30.2. The van der Waals surface area contributed by atoms with Gasteiger partial charge < -0.3 is 5.32 Å². The lowest BCUT2D eigenvalue weighted by molar-refractivity contribution is 0.500. The number of hydrogen-bond donors (Lipinski definition) is 2. The van der Waals surface area contributed by atoms with Crippen LogP contribution in [0.2, 0.25) is 0 Å². The first kappa shape index (κ1) is 7.26. The third-order valence-electron chi connectivity index (χ3n) is 2.98. The van der Waals surface area contributed by atoms with Crippen LogP contribution in [0.1, 0.15) is 30.1 Å². The number of rotatable bonds is 0. The predicted octanol–water partition coefficient (Wildman–Crippen LogP) is 0.119. The number of nitrogens with zero attached hydrogens (tertiary/aromatic N) is 1. The Bertz CT molecular complexity index is 398. The van der Waals surface area contributed by atoms with Crippen LogP contribution in [0.25, 0.3) is 0 Å². The number of hydrogen-bond acceptors (Lipinski definition) is 3. The smallest absolute Gasteiger partial charge is 0.264 e. The summed E-state index contributed by atoms with van der Waals surface area (Å²) in [4.78, 5) is 11.1. The SMILES string of the molecule is O=c1cc2c(n[nH]1)CC1CCC2N1. The average Bonchev–Trinajstić information content (AvgIpc) is 2.51. The van der Waals surface area contributed by atoms with E-state index >= 15 is 0 Å². The topological polar surface area (TPSA) is 57.8 Å². The highest BCUT2D eigenvalue weighted by Crippen LogP contribution is 2.33. The van der Waals surface area contributed by atoms with Gasteiger partial charge in [0.05, 0.1) is 5.69 Å². The molecule has 4 heteroatoms. The molecule has 2 atom stereocenters. The molecule has 1 aromatic rings. The van der Waals surface area contributed by atoms with Gasteiger partial charge in [-0.3, -0.25) is 4.79 Å². The van der Waals surface area contributed by atoms with Crippen LogP contribution in [0, 0.1) is 0 Å². The van der Waals surface area contributed by atoms with Gasteiger partial charge in [0.25, 0.3) is 5.56 Å². The van der Waals surface area contributed by atoms with Gasteiger partial charge in [-0.1, -0.05) is 0 Å². The van der Waals surface area contributed by atoms with Crippen molar-refractivity contribution in [3.8, 4) is 0 Å². The number of fused-ring (bicyclic) bond motifs is 4. The summed E-state index contributed by atoms with van der Waals surface area (Å²) >= 11 is 0. The lowest BCUT2D eigenvalue weighted by atomic mass is 10.0. The fraction of sp³-hybridized carbons (Fsp3) is 0.556. The van der Waals surface area contributed by atoms with Gasteiger partial charge in [0.1, 0.15) is 0 Å². The summed E-state index contributed by atoms with van der Waals surface area (Å²) in [6, 6.07) is 2.64. The van der Waals surface area contributed by atoms with Gasteiger partial charge in [-0.15, -0.1) is 0 Å². The molecule has 0 amide bonds. The molecule has 0 spiro atoms. The molecule has 1 aromatic heterocycles. The van der Waals surface area contributed by atoms with Crippen molar-refractivity contribution >= 4 is 0 Å². The maximum absolute atomic E-state index is 11.1. The second-order valence-corrected chi connectivity index (χ2v) is 3.83. The summed E-state index contributed by atoms with van der Waals surface area (Å²) < 4.78 is 0. The second kappa shape index (κ2) is 2.42. The Morgan fingerprint density at radius 3 is 3.31 bits per heavy atom. The third-order valence-corrected chi connectivity index (χ3v) is 2.98. The molecule has 0 saturated carbocycles. The van der Waals surface area contributed by atoms with Crippen molar-refractivity contribution in [2.24, 2.45) is 0 Å². The monoisotopic (exact) mass is 177 g/mol. The molecule has 2 N–H and O–H groups in total. The molecule has 3 heterocycles. The van der Waals surface area contributed by atoms with Crippen molar-refractivity contribution in [2.75, 3.05) is 0 Å². The molecule has 0 radical (unpaired) electrons. The van der Waals surface area contributed by atoms with Crippen molar-refractivity contribution in [1.29, 1.82) is 0 Å². The minimum Gasteiger partial charge on any atom is -0.307 e. The van der Waals surface area contributed by atoms with Crippen molar-refractivity contribution in [1.82, 2.24) is 15.5 Å². The Hall–Kier alpha value is -1.16. The van der Waals surface area contributed by atoms with E-state index in [1.54, 1.807) is 6.07 Å². The zero-order chi connectivity index (χ0) is 8.84. The van der Waals surface area contributed by atoms with Crippen molar-refractivity contribution in [3.05, 3.63) is 27.7 Å². The van der Waals surface area contributed by atoms with Crippen LogP contribution in [0.15, 0.2) is 10.9 Å². The van der Waals surface area contributed by atoms with Gasteiger partial charge in [0, 0.05) is 24.6 Å². The number of H-pyrrole nitrogens is 1. The maximum Gasteiger partial charge on any atom is 0.264 e. The van der Waals surface area contributed by atoms with Gasteiger partial charge in [-0.05, 0) is 18.4 Å². The first-order valence-electron chi connectivity index (χ1n) is 4.67. The molecule has 1 fully saturated rings. The highest BCUT2D eigenvalue weighted by atomic mass is 16.1. The Morgan fingerprint density at radius 1 is 1.46 bits per heavy atom. The Balaban J connectivity index is 2.17. The summed E-state index contributed by atoms with van der Waals surface area (Å²) in [6.07, 6.45) is 3.31. The zero-order valence-electron chi connectivity index (χ0n) is 7.21. The van der Waals surface area contributed by atoms with Crippen LogP contribution < -0.4 is 10.9 Å². The lowest BCUT2D eigenvalue weighted by Crippen LogP contribution is -2.34. The average molecular weight is 177 g/mol. The molecule has 2 unspecified atom stereocenters. The molecule has 2 bridgehead atoms. The van der Waals surface area contributed by atoms with Crippen LogP contribution in [0.5, 0.6) is 0 Å². The molecule has 2 aliphatic heterocycles. The molecule has 4 nitrogen and oxygen atoms in total. The summed E-state index contributed by atoms with van der Waals surface area (Å²) in [7, 11) is 0. The Labute approximate surface area is 75.4 Å². The van der Waals surface area contributed by atoms with E-state index in [0.717, 1.165) is 24.1 Å². The number of aromatic amines is 1. The second-order valence-electron chi connectivity index (χ2n) is 3.83. The van der Waals surface area contributed by atoms with Crippen molar-refractivity contribution < 1.29 is 0 Å². The first-order chi connectivity index (χ1) is 6.33. The fourth-order valence-electron chi connectivity index (χ4n) is 2.37. The van der Waals surface area contributed by atoms with E-state index in [0.29, 0.717) is 12.1 Å². The summed E-state index contributed by atoms with van der Waals surface area (Å²) in [5, 5.41) is 10.1. The van der Waals surface area contributed by atoms with Crippen LogP contribution in [-0.4, -0.2) is 16.2 Å². The first-order valence-corrected chi connectivity index (χ1v) is 4.67. The van der Waals surface area contributed by atoms with E-state index in [-0.39, 0.29) is 5.56 Å². The lowest BCUT2D eigenvalue weighted by Gasteiger charge is -2.22. The van der Waals surface area contributed by atoms with E-state index in [4.69, 9.17) is 0 Å². The standard InChI is InChI=1S/C9H11N3O/c13-9-4-6-7-2-1-5(10-7)3-8(6)11-12-9/h4-5,7,10H,1-3H2,(H,12,13). The van der Waals surface area contributed by atoms with E-state index in [1.165, 1.54) is 6.42 Å². The maximum atomic E-state index is 11.1. The van der Waals surface area contributed by atoms with Crippen molar-refractivity contribution in [2.45, 2.75) is 31.3 Å². The molecular formula is C9H11N3O. The highest BCUT2D eigenvalue weighted by Gasteiger charge is 2.32. The molecule has 1 saturated heterocycles. The van der Waals surface area contributed by atoms with Gasteiger partial charge in [-0.25, -0.2) is 5.10 Å². The molecule has 2 aliphatic rings. The third kappa shape index (κ3) is 1.02. The van der Waals surface area contributed by atoms with Gasteiger partial charge >= 0.3 is 0 Å². The molecule has 68 valence electrons. The minimum atomic E-state index is -0.0918. The van der Waals surface area contributed by atoms with Gasteiger partial charge in [-0.2, -0.15) is 5.10 Å². The van der Waals surface area contributed by atoms with Crippen LogP contribution in [-0.2, 0) is 6.42 Å². The van der Waals surface area contributed by atoms with E-state index in [9.17, 15) is 4.79 Å². The van der Waals surface area contributed by atoms with E-state index in [2.05, 4.69) is 15.5 Å². The minimum absolute atomic E-state index is 0.0918. The Morgan fingerprint density at radius 2 is 2.38 bits per heavy atom. The largest absolute Gasteiger partial charge is 0.307 e. The summed E-state index contributed by atoms with van der Waals surface area (Å²) in [5.41, 5.74) is 2.09. The molecule has 0 aliphatic carbocycles. The van der Waals surface area contributed by atoms with Crippen LogP contribution in [0.4, 0.5) is 0 Å². The van der Waals surface area contributed by atoms with Crippen molar-refractivity contribution in [3.63, 3.8) is 0 Å². The van der Waals surface area contributed by atoms with E-state index < -0.39 is 0 Å². The van der Waals surface area contributed by atoms with Gasteiger partial charge in [0.2, 0.25) is 0 Å². The molecule has 13 heavy (non-hydrogen) atoms. The zero-order valence-corrected chi connectivity index (χ0v) is 7.21. The predicted molar refractivity (Wildman–Crippen MR) is 47.5 cm³/mol. The van der Waals surface area contributed by atoms with E-state index in [1.807, 2.05) is 0 Å². The number of nitrogens with one attached hydrogen (secondary N) is 2. The van der Waals surface area contributed by atoms with Gasteiger partial charge in [0.15, 0.2) is 0 Å². The molecule has 0 aromatic carbocycles. The molecule has 3 rings (SSSR count). The van der Waals surface area contributed by atoms with Crippen LogP contribution in [0.3, 0.4) is 0 Å².